The number of halogens is 1. The van der Waals surface area contributed by atoms with Crippen LogP contribution in [0, 0.1) is 0 Å². The van der Waals surface area contributed by atoms with Crippen LogP contribution in [-0.4, -0.2) is 11.4 Å². The van der Waals surface area contributed by atoms with E-state index in [1.54, 1.807) is 12.1 Å². The number of carbonyl (C=O) groups excluding carboxylic acids is 1. The van der Waals surface area contributed by atoms with Gasteiger partial charge in [0, 0.05) is 21.2 Å². The second kappa shape index (κ2) is 3.59. The summed E-state index contributed by atoms with van der Waals surface area (Å²) in [5.74, 6) is 0.258. The molecule has 0 unspecified atom stereocenters. The molecule has 0 amide bonds. The van der Waals surface area contributed by atoms with Crippen LogP contribution in [0.25, 0.3) is 10.1 Å². The summed E-state index contributed by atoms with van der Waals surface area (Å²) in [6, 6.07) is 5.37. The van der Waals surface area contributed by atoms with Crippen molar-refractivity contribution in [2.24, 2.45) is 0 Å². The maximum Gasteiger partial charge on any atom is 0.176 e. The van der Waals surface area contributed by atoms with E-state index in [1.807, 2.05) is 6.07 Å². The zero-order valence-corrected chi connectivity index (χ0v) is 8.73. The number of aldehydes is 1. The largest absolute Gasteiger partial charge is 0.499 e. The molecule has 4 heteroatoms. The van der Waals surface area contributed by atoms with Crippen molar-refractivity contribution in [1.29, 1.82) is 0 Å². The molecule has 0 spiro atoms. The molecule has 0 radical (unpaired) electrons. The molecular weight excluding hydrogens is 220 g/mol. The van der Waals surface area contributed by atoms with Crippen molar-refractivity contribution >= 4 is 39.3 Å². The standard InChI is InChI=1S/C10H7ClO2S/c11-4-8-7-3-1-2-6(5-12)9(7)14-10(8)13/h1-3,5,13H,4H2. The van der Waals surface area contributed by atoms with Crippen LogP contribution in [0.1, 0.15) is 15.9 Å². The number of benzene rings is 1. The molecule has 0 saturated heterocycles. The summed E-state index contributed by atoms with van der Waals surface area (Å²) in [6.07, 6.45) is 0.788. The molecule has 1 aromatic heterocycles. The monoisotopic (exact) mass is 226 g/mol. The molecule has 0 aliphatic carbocycles. The Morgan fingerprint density at radius 2 is 2.29 bits per heavy atom. The second-order valence-corrected chi connectivity index (χ2v) is 4.13. The maximum atomic E-state index is 10.7. The minimum absolute atomic E-state index is 0.198. The highest BCUT2D eigenvalue weighted by atomic mass is 35.5. The highest BCUT2D eigenvalue weighted by molar-refractivity contribution is 7.21. The number of rotatable bonds is 2. The lowest BCUT2D eigenvalue weighted by Gasteiger charge is -1.94. The van der Waals surface area contributed by atoms with Crippen molar-refractivity contribution in [2.75, 3.05) is 0 Å². The number of fused-ring (bicyclic) bond motifs is 1. The van der Waals surface area contributed by atoms with E-state index >= 15 is 0 Å². The first-order valence-corrected chi connectivity index (χ1v) is 5.37. The van der Waals surface area contributed by atoms with Crippen molar-refractivity contribution in [3.63, 3.8) is 0 Å². The van der Waals surface area contributed by atoms with Crippen molar-refractivity contribution in [3.05, 3.63) is 29.3 Å². The molecule has 0 atom stereocenters. The smallest absolute Gasteiger partial charge is 0.176 e. The van der Waals surface area contributed by atoms with Gasteiger partial charge in [0.2, 0.25) is 0 Å². The lowest BCUT2D eigenvalue weighted by molar-refractivity contribution is 0.112. The Balaban J connectivity index is 2.85. The van der Waals surface area contributed by atoms with Gasteiger partial charge in [-0.3, -0.25) is 4.79 Å². The highest BCUT2D eigenvalue weighted by Crippen LogP contribution is 2.38. The van der Waals surface area contributed by atoms with Gasteiger partial charge in [-0.1, -0.05) is 29.5 Å². The predicted octanol–water partition coefficient (Wildman–Crippen LogP) is 3.16. The summed E-state index contributed by atoms with van der Waals surface area (Å²) in [6.45, 7) is 0. The average Bonchev–Trinajstić information content (AvgIpc) is 2.52. The van der Waals surface area contributed by atoms with Crippen molar-refractivity contribution in [1.82, 2.24) is 0 Å². The third kappa shape index (κ3) is 1.29. The number of thiophene rings is 1. The van der Waals surface area contributed by atoms with Crippen molar-refractivity contribution in [2.45, 2.75) is 5.88 Å². The lowest BCUT2D eigenvalue weighted by Crippen LogP contribution is -1.79. The van der Waals surface area contributed by atoms with Gasteiger partial charge in [0.05, 0.1) is 5.88 Å². The van der Waals surface area contributed by atoms with Crippen LogP contribution in [0.5, 0.6) is 5.06 Å². The SMILES string of the molecule is O=Cc1cccc2c(CCl)c(O)sc12. The van der Waals surface area contributed by atoms with E-state index in [0.29, 0.717) is 11.1 Å². The number of hydrogen-bond acceptors (Lipinski definition) is 3. The van der Waals surface area contributed by atoms with E-state index in [-0.39, 0.29) is 10.9 Å². The molecule has 2 rings (SSSR count). The van der Waals surface area contributed by atoms with E-state index in [4.69, 9.17) is 11.6 Å². The summed E-state index contributed by atoms with van der Waals surface area (Å²) in [5, 5.41) is 10.6. The summed E-state index contributed by atoms with van der Waals surface area (Å²) in [4.78, 5) is 10.7. The van der Waals surface area contributed by atoms with E-state index in [2.05, 4.69) is 0 Å². The second-order valence-electron chi connectivity index (χ2n) is 2.86. The summed E-state index contributed by atoms with van der Waals surface area (Å²) in [5.41, 5.74) is 1.30. The molecule has 1 heterocycles. The number of carbonyl (C=O) groups is 1. The van der Waals surface area contributed by atoms with Crippen molar-refractivity contribution in [3.8, 4) is 5.06 Å². The molecule has 0 bridgehead atoms. The highest BCUT2D eigenvalue weighted by Gasteiger charge is 2.12. The van der Waals surface area contributed by atoms with Gasteiger partial charge in [0.15, 0.2) is 11.3 Å². The van der Waals surface area contributed by atoms with Crippen LogP contribution < -0.4 is 0 Å². The Labute approximate surface area is 89.7 Å². The molecule has 14 heavy (non-hydrogen) atoms. The number of hydrogen-bond donors (Lipinski definition) is 1. The van der Waals surface area contributed by atoms with Gasteiger partial charge in [-0.2, -0.15) is 0 Å². The number of alkyl halides is 1. The Bertz CT molecular complexity index is 490. The Kier molecular flexibility index (Phi) is 2.44. The van der Waals surface area contributed by atoms with Gasteiger partial charge < -0.3 is 5.11 Å². The van der Waals surface area contributed by atoms with Gasteiger partial charge in [-0.05, 0) is 0 Å². The first-order valence-electron chi connectivity index (χ1n) is 4.02. The minimum atomic E-state index is 0.198. The molecule has 0 saturated carbocycles. The molecule has 72 valence electrons. The normalized spacial score (nSPS) is 10.6. The zero-order valence-electron chi connectivity index (χ0n) is 7.16. The summed E-state index contributed by atoms with van der Waals surface area (Å²) in [7, 11) is 0. The summed E-state index contributed by atoms with van der Waals surface area (Å²) < 4.78 is 0.802. The van der Waals surface area contributed by atoms with Crippen molar-refractivity contribution < 1.29 is 9.90 Å². The van der Waals surface area contributed by atoms with Crippen LogP contribution in [0.3, 0.4) is 0 Å². The van der Waals surface area contributed by atoms with Gasteiger partial charge >= 0.3 is 0 Å². The van der Waals surface area contributed by atoms with E-state index in [1.165, 1.54) is 11.3 Å². The number of aromatic hydroxyl groups is 1. The van der Waals surface area contributed by atoms with Crippen LogP contribution in [0.2, 0.25) is 0 Å². The van der Waals surface area contributed by atoms with Gasteiger partial charge in [0.25, 0.3) is 0 Å². The lowest BCUT2D eigenvalue weighted by atomic mass is 10.1. The molecule has 0 aliphatic heterocycles. The Morgan fingerprint density at radius 1 is 1.50 bits per heavy atom. The van der Waals surface area contributed by atoms with Crippen LogP contribution >= 0.6 is 22.9 Å². The first kappa shape index (κ1) is 9.49. The minimum Gasteiger partial charge on any atom is -0.499 e. The molecule has 1 aromatic carbocycles. The predicted molar refractivity (Wildman–Crippen MR) is 58.4 cm³/mol. The fourth-order valence-electron chi connectivity index (χ4n) is 1.40. The quantitative estimate of drug-likeness (QED) is 0.631. The van der Waals surface area contributed by atoms with E-state index < -0.39 is 0 Å². The first-order chi connectivity index (χ1) is 6.77. The molecular formula is C10H7ClO2S. The summed E-state index contributed by atoms with van der Waals surface area (Å²) >= 11 is 6.90. The molecule has 0 aliphatic rings. The van der Waals surface area contributed by atoms with E-state index in [0.717, 1.165) is 16.4 Å². The van der Waals surface area contributed by atoms with Gasteiger partial charge in [-0.15, -0.1) is 11.6 Å². The van der Waals surface area contributed by atoms with Gasteiger partial charge in [-0.25, -0.2) is 0 Å². The zero-order chi connectivity index (χ0) is 10.1. The van der Waals surface area contributed by atoms with E-state index in [9.17, 15) is 9.90 Å². The van der Waals surface area contributed by atoms with Crippen LogP contribution in [0.15, 0.2) is 18.2 Å². The molecule has 2 nitrogen and oxygen atoms in total. The maximum absolute atomic E-state index is 10.7. The fourth-order valence-corrected chi connectivity index (χ4v) is 2.79. The molecule has 0 fully saturated rings. The molecule has 2 aromatic rings. The van der Waals surface area contributed by atoms with Crippen LogP contribution in [-0.2, 0) is 5.88 Å². The Hall–Kier alpha value is -1.06. The third-order valence-electron chi connectivity index (χ3n) is 2.09. The van der Waals surface area contributed by atoms with Crippen LogP contribution in [0.4, 0.5) is 0 Å². The molecule has 1 N–H and O–H groups in total. The fraction of sp³-hybridized carbons (Fsp3) is 0.100. The Morgan fingerprint density at radius 3 is 2.93 bits per heavy atom. The average molecular weight is 227 g/mol. The van der Waals surface area contributed by atoms with Gasteiger partial charge in [0.1, 0.15) is 0 Å². The third-order valence-corrected chi connectivity index (χ3v) is 3.45. The topological polar surface area (TPSA) is 37.3 Å².